The number of nitrogens with zero attached hydrogens (tertiary/aromatic N) is 2. The number of barbiturate groups is 1. The lowest BCUT2D eigenvalue weighted by Gasteiger charge is -2.36. The lowest BCUT2D eigenvalue weighted by molar-refractivity contribution is -0.141. The summed E-state index contributed by atoms with van der Waals surface area (Å²) in [7, 11) is 0. The minimum absolute atomic E-state index is 0.0774. The minimum atomic E-state index is -1.05. The van der Waals surface area contributed by atoms with Crippen molar-refractivity contribution in [3.63, 3.8) is 0 Å². The Bertz CT molecular complexity index is 817. The van der Waals surface area contributed by atoms with Crippen molar-refractivity contribution in [2.45, 2.75) is 45.6 Å². The summed E-state index contributed by atoms with van der Waals surface area (Å²) in [6, 6.07) is 5.15. The first kappa shape index (κ1) is 16.9. The molecule has 1 aromatic carbocycles. The third-order valence-corrected chi connectivity index (χ3v) is 5.98. The van der Waals surface area contributed by atoms with Gasteiger partial charge in [0.25, 0.3) is 0 Å². The van der Waals surface area contributed by atoms with Crippen LogP contribution in [0.15, 0.2) is 23.2 Å². The van der Waals surface area contributed by atoms with Crippen LogP contribution >= 0.6 is 0 Å². The van der Waals surface area contributed by atoms with Crippen LogP contribution < -0.4 is 5.32 Å². The van der Waals surface area contributed by atoms with Gasteiger partial charge in [-0.3, -0.25) is 24.8 Å². The molecule has 26 heavy (non-hydrogen) atoms. The molecule has 4 amide bonds. The Morgan fingerprint density at radius 3 is 2.62 bits per heavy atom. The van der Waals surface area contributed by atoms with E-state index in [2.05, 4.69) is 10.3 Å². The number of urea groups is 1. The fraction of sp³-hybridized carbons (Fsp3) is 0.500. The predicted molar refractivity (Wildman–Crippen MR) is 97.2 cm³/mol. The van der Waals surface area contributed by atoms with Gasteiger partial charge in [-0.15, -0.1) is 0 Å². The fourth-order valence-corrected chi connectivity index (χ4v) is 4.68. The molecule has 4 atom stereocenters. The van der Waals surface area contributed by atoms with E-state index in [0.29, 0.717) is 11.8 Å². The summed E-state index contributed by atoms with van der Waals surface area (Å²) in [5.74, 6) is -1.10. The smallest absolute Gasteiger partial charge is 0.277 e. The minimum Gasteiger partial charge on any atom is -0.277 e. The first-order valence-electron chi connectivity index (χ1n) is 9.23. The highest BCUT2D eigenvalue weighted by Gasteiger charge is 2.50. The average Bonchev–Trinajstić information content (AvgIpc) is 3.19. The molecule has 2 saturated carbocycles. The topological polar surface area (TPSA) is 78.8 Å². The van der Waals surface area contributed by atoms with Crippen molar-refractivity contribution in [3.8, 4) is 0 Å². The van der Waals surface area contributed by atoms with Crippen LogP contribution in [0, 0.1) is 31.6 Å². The van der Waals surface area contributed by atoms with E-state index in [0.717, 1.165) is 36.1 Å². The molecule has 136 valence electrons. The van der Waals surface area contributed by atoms with Gasteiger partial charge in [0.2, 0.25) is 11.8 Å². The Balaban J connectivity index is 1.57. The van der Waals surface area contributed by atoms with Gasteiger partial charge in [0, 0.05) is 12.3 Å². The van der Waals surface area contributed by atoms with Crippen LogP contribution in [0.2, 0.25) is 0 Å². The van der Waals surface area contributed by atoms with Crippen molar-refractivity contribution in [2.75, 3.05) is 0 Å². The van der Waals surface area contributed by atoms with Crippen LogP contribution in [-0.2, 0) is 9.59 Å². The molecule has 6 nitrogen and oxygen atoms in total. The number of hydrogen-bond donors (Lipinski definition) is 1. The maximum absolute atomic E-state index is 12.9. The molecule has 1 saturated heterocycles. The summed E-state index contributed by atoms with van der Waals surface area (Å²) in [6.07, 6.45) is 5.56. The number of aliphatic imine (C=N–C) groups is 1. The van der Waals surface area contributed by atoms with Crippen LogP contribution in [0.3, 0.4) is 0 Å². The number of nitrogens with one attached hydrogen (secondary N) is 1. The van der Waals surface area contributed by atoms with E-state index in [1.54, 1.807) is 0 Å². The van der Waals surface area contributed by atoms with Crippen molar-refractivity contribution in [1.29, 1.82) is 0 Å². The second kappa shape index (κ2) is 6.34. The monoisotopic (exact) mass is 353 g/mol. The van der Waals surface area contributed by atoms with E-state index < -0.39 is 23.8 Å². The normalized spacial score (nSPS) is 31.2. The molecule has 0 unspecified atom stereocenters. The summed E-state index contributed by atoms with van der Waals surface area (Å²) >= 11 is 0. The highest BCUT2D eigenvalue weighted by Crippen LogP contribution is 2.47. The molecule has 1 N–H and O–H groups in total. The van der Waals surface area contributed by atoms with Gasteiger partial charge < -0.3 is 0 Å². The highest BCUT2D eigenvalue weighted by molar-refractivity contribution is 6.23. The molecule has 1 aromatic rings. The molecule has 3 fully saturated rings. The SMILES string of the molecule is Cc1ccc(N=C[C@@H]2C(=O)NC(=O)N([C@@H]3C[C@H]4CC[C@H]3C4)C2=O)c(C)c1. The molecule has 0 spiro atoms. The van der Waals surface area contributed by atoms with Crippen LogP contribution in [0.4, 0.5) is 10.5 Å². The number of fused-ring (bicyclic) bond motifs is 2. The third kappa shape index (κ3) is 2.83. The van der Waals surface area contributed by atoms with Gasteiger partial charge in [0.05, 0.1) is 5.69 Å². The van der Waals surface area contributed by atoms with E-state index in [-0.39, 0.29) is 6.04 Å². The van der Waals surface area contributed by atoms with Crippen LogP contribution in [0.5, 0.6) is 0 Å². The number of amides is 4. The number of hydrogen-bond acceptors (Lipinski definition) is 4. The number of aryl methyl sites for hydroxylation is 2. The number of rotatable bonds is 3. The van der Waals surface area contributed by atoms with Crippen molar-refractivity contribution < 1.29 is 14.4 Å². The Morgan fingerprint density at radius 1 is 1.15 bits per heavy atom. The Hall–Kier alpha value is -2.50. The van der Waals surface area contributed by atoms with E-state index in [1.807, 2.05) is 32.0 Å². The molecule has 2 aliphatic carbocycles. The van der Waals surface area contributed by atoms with Crippen LogP contribution in [0.25, 0.3) is 0 Å². The quantitative estimate of drug-likeness (QED) is 0.670. The summed E-state index contributed by atoms with van der Waals surface area (Å²) in [5.41, 5.74) is 2.83. The van der Waals surface area contributed by atoms with Crippen molar-refractivity contribution in [2.24, 2.45) is 22.7 Å². The van der Waals surface area contributed by atoms with E-state index in [9.17, 15) is 14.4 Å². The third-order valence-electron chi connectivity index (χ3n) is 5.98. The molecule has 2 bridgehead atoms. The van der Waals surface area contributed by atoms with Crippen LogP contribution in [0.1, 0.15) is 36.8 Å². The standard InChI is InChI=1S/C20H23N3O3/c1-11-3-6-16(12(2)7-11)21-10-15-18(24)22-20(26)23(19(15)25)17-9-13-4-5-14(17)8-13/h3,6-7,10,13-15,17H,4-5,8-9H2,1-2H3,(H,22,24,26)/t13-,14-,15+,17+/m0/s1. The van der Waals surface area contributed by atoms with Crippen LogP contribution in [-0.4, -0.2) is 35.0 Å². The van der Waals surface area contributed by atoms with E-state index >= 15 is 0 Å². The molecule has 1 aliphatic heterocycles. The molecule has 6 heteroatoms. The number of imide groups is 2. The predicted octanol–water partition coefficient (Wildman–Crippen LogP) is 2.89. The number of carbonyl (C=O) groups excluding carboxylic acids is 3. The lowest BCUT2D eigenvalue weighted by Crippen LogP contribution is -2.62. The van der Waals surface area contributed by atoms with Gasteiger partial charge in [-0.1, -0.05) is 24.1 Å². The Labute approximate surface area is 152 Å². The van der Waals surface area contributed by atoms with Gasteiger partial charge in [0.1, 0.15) is 0 Å². The van der Waals surface area contributed by atoms with E-state index in [4.69, 9.17) is 0 Å². The molecule has 0 aromatic heterocycles. The zero-order valence-corrected chi connectivity index (χ0v) is 15.1. The molecular formula is C20H23N3O3. The average molecular weight is 353 g/mol. The first-order chi connectivity index (χ1) is 12.4. The lowest BCUT2D eigenvalue weighted by atomic mass is 9.92. The molecule has 0 radical (unpaired) electrons. The summed E-state index contributed by atoms with van der Waals surface area (Å²) in [5, 5.41) is 2.34. The van der Waals surface area contributed by atoms with Crippen molar-refractivity contribution in [3.05, 3.63) is 29.3 Å². The molecule has 1 heterocycles. The maximum Gasteiger partial charge on any atom is 0.331 e. The maximum atomic E-state index is 12.9. The zero-order valence-electron chi connectivity index (χ0n) is 15.1. The fourth-order valence-electron chi connectivity index (χ4n) is 4.68. The molecule has 3 aliphatic rings. The summed E-state index contributed by atoms with van der Waals surface area (Å²) < 4.78 is 0. The van der Waals surface area contributed by atoms with Crippen molar-refractivity contribution in [1.82, 2.24) is 10.2 Å². The first-order valence-corrected chi connectivity index (χ1v) is 9.23. The number of carbonyl (C=O) groups is 3. The Kier molecular flexibility index (Phi) is 4.13. The van der Waals surface area contributed by atoms with Gasteiger partial charge >= 0.3 is 6.03 Å². The second-order valence-corrected chi connectivity index (χ2v) is 7.79. The van der Waals surface area contributed by atoms with E-state index in [1.165, 1.54) is 17.5 Å². The van der Waals surface area contributed by atoms with Gasteiger partial charge in [-0.05, 0) is 56.6 Å². The largest absolute Gasteiger partial charge is 0.331 e. The Morgan fingerprint density at radius 2 is 1.96 bits per heavy atom. The van der Waals surface area contributed by atoms with Gasteiger partial charge in [-0.2, -0.15) is 0 Å². The highest BCUT2D eigenvalue weighted by atomic mass is 16.2. The summed E-state index contributed by atoms with van der Waals surface area (Å²) in [4.78, 5) is 43.1. The summed E-state index contributed by atoms with van der Waals surface area (Å²) in [6.45, 7) is 3.94. The molecular weight excluding hydrogens is 330 g/mol. The van der Waals surface area contributed by atoms with Crippen molar-refractivity contribution >= 4 is 29.7 Å². The van der Waals surface area contributed by atoms with Gasteiger partial charge in [-0.25, -0.2) is 4.79 Å². The van der Waals surface area contributed by atoms with Gasteiger partial charge in [0.15, 0.2) is 5.92 Å². The molecule has 4 rings (SSSR count). The number of benzene rings is 1. The second-order valence-electron chi connectivity index (χ2n) is 7.79. The zero-order chi connectivity index (χ0) is 18.4.